The highest BCUT2D eigenvalue weighted by molar-refractivity contribution is 5.92. The van der Waals surface area contributed by atoms with E-state index in [0.717, 1.165) is 61.5 Å². The van der Waals surface area contributed by atoms with Crippen molar-refractivity contribution in [1.82, 2.24) is 14.8 Å². The smallest absolute Gasteiger partial charge is 0.345 e. The van der Waals surface area contributed by atoms with E-state index in [4.69, 9.17) is 0 Å². The quantitative estimate of drug-likeness (QED) is 0.321. The van der Waals surface area contributed by atoms with Gasteiger partial charge in [-0.2, -0.15) is 13.2 Å². The number of benzene rings is 2. The summed E-state index contributed by atoms with van der Waals surface area (Å²) in [6.45, 7) is 5.33. The average molecular weight is 523 g/mol. The summed E-state index contributed by atoms with van der Waals surface area (Å²) in [7, 11) is 1.99. The van der Waals surface area contributed by atoms with Gasteiger partial charge in [-0.25, -0.2) is 0 Å². The molecule has 8 heteroatoms. The Morgan fingerprint density at radius 3 is 2.32 bits per heavy atom. The van der Waals surface area contributed by atoms with Crippen LogP contribution in [0.15, 0.2) is 79.1 Å². The lowest BCUT2D eigenvalue weighted by Crippen LogP contribution is -2.49. The molecule has 0 unspecified atom stereocenters. The van der Waals surface area contributed by atoms with Gasteiger partial charge in [0.15, 0.2) is 0 Å². The van der Waals surface area contributed by atoms with Crippen molar-refractivity contribution in [3.8, 4) is 0 Å². The molecule has 2 heterocycles. The molecule has 1 saturated heterocycles. The summed E-state index contributed by atoms with van der Waals surface area (Å²) in [5.41, 5.74) is 2.91. The minimum absolute atomic E-state index is 0.0626. The normalized spacial score (nSPS) is 16.5. The molecular formula is C30H33F3N4O. The molecule has 0 spiro atoms. The third kappa shape index (κ3) is 7.01. The molecule has 5 nitrogen and oxygen atoms in total. The first kappa shape index (κ1) is 27.4. The number of carbonyl (C=O) groups excluding carboxylic acids is 1. The van der Waals surface area contributed by atoms with E-state index in [1.165, 1.54) is 18.2 Å². The number of hydrogen-bond donors (Lipinski definition) is 0. The van der Waals surface area contributed by atoms with E-state index in [0.29, 0.717) is 12.1 Å². The number of pyridine rings is 1. The number of rotatable bonds is 8. The molecule has 1 fully saturated rings. The minimum Gasteiger partial charge on any atom is -0.345 e. The van der Waals surface area contributed by atoms with Crippen LogP contribution in [0.3, 0.4) is 0 Å². The van der Waals surface area contributed by atoms with E-state index in [1.54, 1.807) is 18.5 Å². The van der Waals surface area contributed by atoms with Crippen LogP contribution in [0, 0.1) is 0 Å². The van der Waals surface area contributed by atoms with Gasteiger partial charge >= 0.3 is 6.18 Å². The lowest BCUT2D eigenvalue weighted by molar-refractivity contribution is -0.137. The van der Waals surface area contributed by atoms with Crippen molar-refractivity contribution in [2.75, 3.05) is 31.6 Å². The molecule has 1 atom stereocenters. The lowest BCUT2D eigenvalue weighted by Gasteiger charge is -2.39. The number of aromatic nitrogens is 1. The number of likely N-dealkylation sites (N-methyl/N-ethyl adjacent to an activating group) is 1. The average Bonchev–Trinajstić information content (AvgIpc) is 2.95. The summed E-state index contributed by atoms with van der Waals surface area (Å²) >= 11 is 0. The molecule has 1 aromatic heterocycles. The first-order chi connectivity index (χ1) is 18.2. The third-order valence-corrected chi connectivity index (χ3v) is 7.03. The first-order valence-electron chi connectivity index (χ1n) is 12.9. The van der Waals surface area contributed by atoms with Crippen LogP contribution in [0.4, 0.5) is 24.5 Å². The van der Waals surface area contributed by atoms with Crippen molar-refractivity contribution in [3.05, 3.63) is 95.8 Å². The second-order valence-electron chi connectivity index (χ2n) is 9.54. The van der Waals surface area contributed by atoms with Gasteiger partial charge in [0.05, 0.1) is 5.56 Å². The maximum atomic E-state index is 13.4. The maximum Gasteiger partial charge on any atom is 0.416 e. The van der Waals surface area contributed by atoms with Gasteiger partial charge in [-0.3, -0.25) is 9.78 Å². The van der Waals surface area contributed by atoms with E-state index >= 15 is 0 Å². The summed E-state index contributed by atoms with van der Waals surface area (Å²) in [6.07, 6.45) is 4.11. The molecular weight excluding hydrogens is 489 g/mol. The van der Waals surface area contributed by atoms with Crippen LogP contribution in [0.25, 0.3) is 6.08 Å². The van der Waals surface area contributed by atoms with Crippen molar-refractivity contribution < 1.29 is 18.0 Å². The number of hydrogen-bond acceptors (Lipinski definition) is 4. The van der Waals surface area contributed by atoms with Crippen LogP contribution in [0.5, 0.6) is 0 Å². The number of anilines is 2. The van der Waals surface area contributed by atoms with Gasteiger partial charge in [-0.1, -0.05) is 31.2 Å². The zero-order chi connectivity index (χ0) is 27.1. The Hall–Kier alpha value is -3.65. The predicted octanol–water partition coefficient (Wildman–Crippen LogP) is 6.39. The second kappa shape index (κ2) is 12.3. The molecule has 3 aromatic rings. The standard InChI is InChI=1S/C30H33F3N4O/c1-3-36-20-4-5-28(22-36)37(29(38)15-10-23-6-11-25(12-7-23)30(31,32)33)21-24-8-13-26(14-9-24)35(2)27-16-18-34-19-17-27/h6-19,28H,3-5,20-22H2,1-2H3/b15-10+/t28-/m0/s1. The molecule has 1 aliphatic rings. The van der Waals surface area contributed by atoms with Gasteiger partial charge in [0.2, 0.25) is 5.91 Å². The molecule has 0 bridgehead atoms. The van der Waals surface area contributed by atoms with Crippen molar-refractivity contribution in [1.29, 1.82) is 0 Å². The monoisotopic (exact) mass is 522 g/mol. The highest BCUT2D eigenvalue weighted by atomic mass is 19.4. The summed E-state index contributed by atoms with van der Waals surface area (Å²) in [5, 5.41) is 0. The zero-order valence-corrected chi connectivity index (χ0v) is 21.7. The van der Waals surface area contributed by atoms with Crippen LogP contribution in [0.2, 0.25) is 0 Å². The van der Waals surface area contributed by atoms with Crippen molar-refractivity contribution >= 4 is 23.4 Å². The molecule has 0 saturated carbocycles. The highest BCUT2D eigenvalue weighted by Crippen LogP contribution is 2.29. The largest absolute Gasteiger partial charge is 0.416 e. The molecule has 1 aliphatic heterocycles. The molecule has 38 heavy (non-hydrogen) atoms. The fourth-order valence-electron chi connectivity index (χ4n) is 4.74. The summed E-state index contributed by atoms with van der Waals surface area (Å²) < 4.78 is 38.6. The van der Waals surface area contributed by atoms with Crippen LogP contribution in [-0.4, -0.2) is 53.4 Å². The van der Waals surface area contributed by atoms with Gasteiger partial charge in [0.1, 0.15) is 0 Å². The van der Waals surface area contributed by atoms with E-state index in [9.17, 15) is 18.0 Å². The number of halogens is 3. The van der Waals surface area contributed by atoms with Crippen molar-refractivity contribution in [3.63, 3.8) is 0 Å². The van der Waals surface area contributed by atoms with Gasteiger partial charge in [-0.15, -0.1) is 0 Å². The van der Waals surface area contributed by atoms with Crippen LogP contribution in [0.1, 0.15) is 36.5 Å². The summed E-state index contributed by atoms with van der Waals surface area (Å²) in [5.74, 6) is -0.147. The van der Waals surface area contributed by atoms with E-state index < -0.39 is 11.7 Å². The number of alkyl halides is 3. The fraction of sp³-hybridized carbons (Fsp3) is 0.333. The topological polar surface area (TPSA) is 39.7 Å². The lowest BCUT2D eigenvalue weighted by atomic mass is 10.0. The van der Waals surface area contributed by atoms with E-state index in [-0.39, 0.29) is 11.9 Å². The molecule has 0 radical (unpaired) electrons. The van der Waals surface area contributed by atoms with Gasteiger partial charge in [0, 0.05) is 56.0 Å². The van der Waals surface area contributed by atoms with Crippen LogP contribution in [-0.2, 0) is 17.5 Å². The second-order valence-corrected chi connectivity index (χ2v) is 9.54. The van der Waals surface area contributed by atoms with E-state index in [1.807, 2.05) is 48.3 Å². The SMILES string of the molecule is CCN1CCC[C@H](N(Cc2ccc(N(C)c3ccncc3)cc2)C(=O)/C=C/c2ccc(C(F)(F)F)cc2)C1. The highest BCUT2D eigenvalue weighted by Gasteiger charge is 2.30. The summed E-state index contributed by atoms with van der Waals surface area (Å²) in [6, 6.07) is 16.9. The molecule has 200 valence electrons. The number of nitrogens with zero attached hydrogens (tertiary/aromatic N) is 4. The van der Waals surface area contributed by atoms with E-state index in [2.05, 4.69) is 21.7 Å². The molecule has 1 amide bonds. The van der Waals surface area contributed by atoms with Gasteiger partial charge in [0.25, 0.3) is 0 Å². The minimum atomic E-state index is -4.39. The maximum absolute atomic E-state index is 13.4. The van der Waals surface area contributed by atoms with Crippen molar-refractivity contribution in [2.45, 2.75) is 38.5 Å². The Morgan fingerprint density at radius 2 is 1.68 bits per heavy atom. The predicted molar refractivity (Wildman–Crippen MR) is 145 cm³/mol. The number of likely N-dealkylation sites (tertiary alicyclic amines) is 1. The summed E-state index contributed by atoms with van der Waals surface area (Å²) in [4.78, 5) is 23.8. The Labute approximate surface area is 222 Å². The molecule has 4 rings (SSSR count). The third-order valence-electron chi connectivity index (χ3n) is 7.03. The first-order valence-corrected chi connectivity index (χ1v) is 12.9. The van der Waals surface area contributed by atoms with Crippen LogP contribution < -0.4 is 4.90 Å². The Morgan fingerprint density at radius 1 is 1.03 bits per heavy atom. The molecule has 0 N–H and O–H groups in total. The van der Waals surface area contributed by atoms with Crippen molar-refractivity contribution in [2.24, 2.45) is 0 Å². The Balaban J connectivity index is 1.51. The number of piperidine rings is 1. The molecule has 2 aromatic carbocycles. The molecule has 0 aliphatic carbocycles. The zero-order valence-electron chi connectivity index (χ0n) is 21.7. The number of amides is 1. The number of carbonyl (C=O) groups is 1. The van der Waals surface area contributed by atoms with Crippen LogP contribution >= 0.6 is 0 Å². The Bertz CT molecular complexity index is 1210. The van der Waals surface area contributed by atoms with Gasteiger partial charge in [-0.05, 0) is 79.5 Å². The fourth-order valence-corrected chi connectivity index (χ4v) is 4.74. The van der Waals surface area contributed by atoms with Gasteiger partial charge < -0.3 is 14.7 Å². The Kier molecular flexibility index (Phi) is 8.84.